The first kappa shape index (κ1) is 21.7. The van der Waals surface area contributed by atoms with E-state index in [1.807, 2.05) is 43.3 Å². The Balaban J connectivity index is 1.25. The molecule has 164 valence electrons. The third kappa shape index (κ3) is 5.59. The average Bonchev–Trinajstić information content (AvgIpc) is 3.22. The first-order chi connectivity index (χ1) is 14.9. The molecule has 1 amide bonds. The second kappa shape index (κ2) is 9.32. The molecule has 2 aromatic carbocycles. The zero-order valence-corrected chi connectivity index (χ0v) is 18.8. The molecule has 0 unspecified atom stereocenters. The van der Waals surface area contributed by atoms with Crippen molar-refractivity contribution in [3.63, 3.8) is 0 Å². The molecule has 9 heteroatoms. The predicted octanol–water partition coefficient (Wildman–Crippen LogP) is 2.74. The van der Waals surface area contributed by atoms with Crippen LogP contribution in [0.1, 0.15) is 22.8 Å². The van der Waals surface area contributed by atoms with E-state index >= 15 is 0 Å². The standard InChI is InChI=1S/C22H25N3O4S2/c1-2-29-18-9-3-15(4-10-18)11-12-23-21(26)16-5-7-17(8-6-16)24-22-25-19-13-31(27,28)14-20(19)30-22/h3-10,19-20H,2,11-14H2,1H3,(H,23,26)(H,24,25)/t19-,20+/m0/s1. The number of ether oxygens (including phenoxy) is 1. The molecular weight excluding hydrogens is 434 g/mol. The third-order valence-corrected chi connectivity index (χ3v) is 8.29. The van der Waals surface area contributed by atoms with Crippen molar-refractivity contribution in [2.24, 2.45) is 4.99 Å². The lowest BCUT2D eigenvalue weighted by atomic mass is 10.1. The van der Waals surface area contributed by atoms with E-state index in [0.29, 0.717) is 18.7 Å². The maximum atomic E-state index is 12.4. The first-order valence-corrected chi connectivity index (χ1v) is 12.9. The van der Waals surface area contributed by atoms with E-state index in [4.69, 9.17) is 4.74 Å². The average molecular weight is 460 g/mol. The Bertz CT molecular complexity index is 1070. The van der Waals surface area contributed by atoms with Gasteiger partial charge >= 0.3 is 0 Å². The van der Waals surface area contributed by atoms with Crippen molar-refractivity contribution in [1.82, 2.24) is 5.32 Å². The summed E-state index contributed by atoms with van der Waals surface area (Å²) in [5, 5.41) is 6.90. The predicted molar refractivity (Wildman–Crippen MR) is 125 cm³/mol. The summed E-state index contributed by atoms with van der Waals surface area (Å²) in [7, 11) is -2.95. The summed E-state index contributed by atoms with van der Waals surface area (Å²) in [5.41, 5.74) is 2.54. The van der Waals surface area contributed by atoms with Crippen LogP contribution in [0.25, 0.3) is 0 Å². The van der Waals surface area contributed by atoms with E-state index in [9.17, 15) is 13.2 Å². The summed E-state index contributed by atoms with van der Waals surface area (Å²) in [5.74, 6) is 1.04. The first-order valence-electron chi connectivity index (χ1n) is 10.2. The molecule has 0 aromatic heterocycles. The fraction of sp³-hybridized carbons (Fsp3) is 0.364. The minimum atomic E-state index is -2.95. The molecular formula is C22H25N3O4S2. The number of thioether (sulfide) groups is 1. The van der Waals surface area contributed by atoms with Crippen molar-refractivity contribution in [3.05, 3.63) is 59.7 Å². The molecule has 2 N–H and O–H groups in total. The Labute approximate surface area is 186 Å². The number of benzene rings is 2. The van der Waals surface area contributed by atoms with Crippen molar-refractivity contribution in [2.75, 3.05) is 30.0 Å². The summed E-state index contributed by atoms with van der Waals surface area (Å²) in [6, 6.07) is 14.9. The van der Waals surface area contributed by atoms with E-state index in [1.165, 1.54) is 11.8 Å². The number of carbonyl (C=O) groups excluding carboxylic acids is 1. The number of amides is 1. The van der Waals surface area contributed by atoms with Gasteiger partial charge in [-0.1, -0.05) is 23.9 Å². The molecule has 7 nitrogen and oxygen atoms in total. The van der Waals surface area contributed by atoms with Crippen LogP contribution in [0.5, 0.6) is 5.75 Å². The summed E-state index contributed by atoms with van der Waals surface area (Å²) < 4.78 is 28.7. The van der Waals surface area contributed by atoms with Crippen LogP contribution in [0, 0.1) is 0 Å². The molecule has 31 heavy (non-hydrogen) atoms. The number of nitrogens with zero attached hydrogens (tertiary/aromatic N) is 1. The van der Waals surface area contributed by atoms with Gasteiger partial charge in [0.25, 0.3) is 5.91 Å². The number of hydrogen-bond acceptors (Lipinski definition) is 7. The molecule has 2 heterocycles. The second-order valence-corrected chi connectivity index (χ2v) is 10.9. The number of carbonyl (C=O) groups is 1. The van der Waals surface area contributed by atoms with Crippen LogP contribution >= 0.6 is 11.8 Å². The quantitative estimate of drug-likeness (QED) is 0.661. The van der Waals surface area contributed by atoms with E-state index in [-0.39, 0.29) is 28.7 Å². The summed E-state index contributed by atoms with van der Waals surface area (Å²) in [6.45, 7) is 3.14. The molecule has 0 saturated carbocycles. The van der Waals surface area contributed by atoms with Crippen molar-refractivity contribution >= 4 is 38.4 Å². The van der Waals surface area contributed by atoms with Gasteiger partial charge in [0, 0.05) is 23.0 Å². The highest BCUT2D eigenvalue weighted by atomic mass is 32.2. The minimum Gasteiger partial charge on any atom is -0.494 e. The highest BCUT2D eigenvalue weighted by Gasteiger charge is 2.42. The Morgan fingerprint density at radius 1 is 1.13 bits per heavy atom. The Hall–Kier alpha value is -2.52. The SMILES string of the molecule is CCOc1ccc(CCNC(=O)c2ccc(NC3=N[C@H]4CS(=O)(=O)C[C@H]4S3)cc2)cc1. The van der Waals surface area contributed by atoms with Crippen LogP contribution in [-0.4, -0.2) is 55.4 Å². The van der Waals surface area contributed by atoms with Gasteiger partial charge in [0.2, 0.25) is 0 Å². The lowest BCUT2D eigenvalue weighted by Gasteiger charge is -2.09. The molecule has 2 aromatic rings. The van der Waals surface area contributed by atoms with Crippen LogP contribution < -0.4 is 15.4 Å². The van der Waals surface area contributed by atoms with E-state index in [0.717, 1.165) is 28.6 Å². The normalized spacial score (nSPS) is 21.3. The lowest BCUT2D eigenvalue weighted by Crippen LogP contribution is -2.25. The van der Waals surface area contributed by atoms with E-state index in [2.05, 4.69) is 15.6 Å². The Morgan fingerprint density at radius 3 is 2.55 bits per heavy atom. The fourth-order valence-corrected chi connectivity index (χ4v) is 7.26. The van der Waals surface area contributed by atoms with Gasteiger partial charge < -0.3 is 15.4 Å². The molecule has 0 spiro atoms. The van der Waals surface area contributed by atoms with Crippen molar-refractivity contribution < 1.29 is 17.9 Å². The smallest absolute Gasteiger partial charge is 0.251 e. The number of rotatable bonds is 7. The fourth-order valence-electron chi connectivity index (χ4n) is 3.59. The molecule has 1 saturated heterocycles. The molecule has 4 rings (SSSR count). The number of anilines is 1. The van der Waals surface area contributed by atoms with Gasteiger partial charge in [0.15, 0.2) is 15.0 Å². The highest BCUT2D eigenvalue weighted by molar-refractivity contribution is 8.15. The number of amidine groups is 1. The lowest BCUT2D eigenvalue weighted by molar-refractivity contribution is 0.0954. The molecule has 2 aliphatic heterocycles. The Morgan fingerprint density at radius 2 is 1.87 bits per heavy atom. The van der Waals surface area contributed by atoms with Crippen molar-refractivity contribution in [1.29, 1.82) is 0 Å². The third-order valence-electron chi connectivity index (χ3n) is 5.15. The second-order valence-electron chi connectivity index (χ2n) is 7.52. The van der Waals surface area contributed by atoms with Crippen LogP contribution in [-0.2, 0) is 16.3 Å². The van der Waals surface area contributed by atoms with Crippen molar-refractivity contribution in [3.8, 4) is 5.75 Å². The molecule has 2 aliphatic rings. The minimum absolute atomic E-state index is 0.00734. The largest absolute Gasteiger partial charge is 0.494 e. The number of nitrogens with one attached hydrogen (secondary N) is 2. The molecule has 0 aliphatic carbocycles. The van der Waals surface area contributed by atoms with E-state index < -0.39 is 9.84 Å². The van der Waals surface area contributed by atoms with Gasteiger partial charge in [-0.25, -0.2) is 8.42 Å². The summed E-state index contributed by atoms with van der Waals surface area (Å²) >= 11 is 1.47. The summed E-state index contributed by atoms with van der Waals surface area (Å²) in [4.78, 5) is 16.9. The van der Waals surface area contributed by atoms with Gasteiger partial charge in [0.05, 0.1) is 24.2 Å². The van der Waals surface area contributed by atoms with Crippen molar-refractivity contribution in [2.45, 2.75) is 24.6 Å². The molecule has 0 radical (unpaired) electrons. The van der Waals surface area contributed by atoms with Crippen LogP contribution in [0.2, 0.25) is 0 Å². The highest BCUT2D eigenvalue weighted by Crippen LogP contribution is 2.34. The Kier molecular flexibility index (Phi) is 6.52. The maximum absolute atomic E-state index is 12.4. The van der Waals surface area contributed by atoms with Crippen LogP contribution in [0.4, 0.5) is 5.69 Å². The number of fused-ring (bicyclic) bond motifs is 1. The maximum Gasteiger partial charge on any atom is 0.251 e. The zero-order valence-electron chi connectivity index (χ0n) is 17.2. The topological polar surface area (TPSA) is 96.9 Å². The number of aliphatic imine (C=N–C) groups is 1. The van der Waals surface area contributed by atoms with Gasteiger partial charge in [-0.2, -0.15) is 0 Å². The monoisotopic (exact) mass is 459 g/mol. The van der Waals surface area contributed by atoms with E-state index in [1.54, 1.807) is 12.1 Å². The van der Waals surface area contributed by atoms with Gasteiger partial charge in [-0.3, -0.25) is 9.79 Å². The van der Waals surface area contributed by atoms with Crippen LogP contribution in [0.15, 0.2) is 53.5 Å². The molecule has 2 atom stereocenters. The number of sulfone groups is 1. The van der Waals surface area contributed by atoms with Crippen LogP contribution in [0.3, 0.4) is 0 Å². The van der Waals surface area contributed by atoms with Gasteiger partial charge in [-0.15, -0.1) is 0 Å². The summed E-state index contributed by atoms with van der Waals surface area (Å²) in [6.07, 6.45) is 0.743. The molecule has 0 bridgehead atoms. The molecule has 1 fully saturated rings. The number of hydrogen-bond donors (Lipinski definition) is 2. The van der Waals surface area contributed by atoms with Gasteiger partial charge in [0.1, 0.15) is 5.75 Å². The zero-order chi connectivity index (χ0) is 21.8. The van der Waals surface area contributed by atoms with Gasteiger partial charge in [-0.05, 0) is 55.3 Å².